The number of piperidine rings is 1. The van der Waals surface area contributed by atoms with Crippen molar-refractivity contribution in [3.05, 3.63) is 144 Å². The number of hydrogen-bond acceptors (Lipinski definition) is 2. The van der Waals surface area contributed by atoms with E-state index in [0.29, 0.717) is 5.92 Å². The van der Waals surface area contributed by atoms with Crippen LogP contribution in [0.5, 0.6) is 0 Å². The van der Waals surface area contributed by atoms with Crippen LogP contribution in [0.3, 0.4) is 0 Å². The Morgan fingerprint density at radius 2 is 1.16 bits per heavy atom. The minimum absolute atomic E-state index is 0.0269. The Morgan fingerprint density at radius 3 is 1.65 bits per heavy atom. The van der Waals surface area contributed by atoms with Crippen molar-refractivity contribution in [1.82, 2.24) is 10.6 Å². The van der Waals surface area contributed by atoms with Gasteiger partial charge < -0.3 is 10.6 Å². The van der Waals surface area contributed by atoms with Crippen molar-refractivity contribution in [1.29, 1.82) is 0 Å². The Morgan fingerprint density at radius 1 is 0.703 bits per heavy atom. The van der Waals surface area contributed by atoms with Gasteiger partial charge in [-0.25, -0.2) is 0 Å². The number of amides is 1. The summed E-state index contributed by atoms with van der Waals surface area (Å²) < 4.78 is 0. The van der Waals surface area contributed by atoms with E-state index in [0.717, 1.165) is 17.5 Å². The number of rotatable bonds is 7. The first-order valence-corrected chi connectivity index (χ1v) is 13.4. The zero-order valence-corrected chi connectivity index (χ0v) is 21.6. The summed E-state index contributed by atoms with van der Waals surface area (Å²) in [6, 6.07) is 41.9. The third kappa shape index (κ3) is 5.68. The SMILES string of the molecule is CC(C)C1C(NC(=O)C(c2ccccc2)c2ccccc2)CC(c2ccccc2)NC1c1ccccc1. The molecule has 4 aromatic carbocycles. The van der Waals surface area contributed by atoms with E-state index in [2.05, 4.69) is 109 Å². The highest BCUT2D eigenvalue weighted by molar-refractivity contribution is 5.87. The van der Waals surface area contributed by atoms with E-state index in [-0.39, 0.29) is 35.9 Å². The van der Waals surface area contributed by atoms with Gasteiger partial charge in [-0.2, -0.15) is 0 Å². The molecule has 188 valence electrons. The predicted octanol–water partition coefficient (Wildman–Crippen LogP) is 7.05. The van der Waals surface area contributed by atoms with Crippen molar-refractivity contribution in [2.75, 3.05) is 0 Å². The fourth-order valence-corrected chi connectivity index (χ4v) is 5.99. The number of nitrogens with one attached hydrogen (secondary N) is 2. The van der Waals surface area contributed by atoms with E-state index in [1.54, 1.807) is 0 Å². The Bertz CT molecular complexity index is 1220. The molecule has 1 aliphatic heterocycles. The lowest BCUT2D eigenvalue weighted by atomic mass is 9.72. The summed E-state index contributed by atoms with van der Waals surface area (Å²) in [4.78, 5) is 14.1. The van der Waals surface area contributed by atoms with Gasteiger partial charge >= 0.3 is 0 Å². The Hall–Kier alpha value is -3.69. The minimum atomic E-state index is -0.351. The van der Waals surface area contributed by atoms with Crippen LogP contribution in [0.1, 0.15) is 60.5 Å². The molecule has 1 heterocycles. The van der Waals surface area contributed by atoms with Crippen LogP contribution in [0.15, 0.2) is 121 Å². The van der Waals surface area contributed by atoms with Crippen molar-refractivity contribution in [2.24, 2.45) is 11.8 Å². The summed E-state index contributed by atoms with van der Waals surface area (Å²) in [7, 11) is 0. The molecule has 1 aliphatic rings. The largest absolute Gasteiger partial charge is 0.352 e. The summed E-state index contributed by atoms with van der Waals surface area (Å²) in [5.41, 5.74) is 4.55. The zero-order valence-electron chi connectivity index (χ0n) is 21.6. The van der Waals surface area contributed by atoms with Crippen molar-refractivity contribution in [3.8, 4) is 0 Å². The zero-order chi connectivity index (χ0) is 25.6. The highest BCUT2D eigenvalue weighted by Gasteiger charge is 2.41. The lowest BCUT2D eigenvalue weighted by Crippen LogP contribution is -2.54. The molecule has 1 amide bonds. The first kappa shape index (κ1) is 25.0. The Kier molecular flexibility index (Phi) is 7.82. The molecule has 0 aromatic heterocycles. The van der Waals surface area contributed by atoms with Crippen LogP contribution in [0.4, 0.5) is 0 Å². The van der Waals surface area contributed by atoms with Crippen LogP contribution >= 0.6 is 0 Å². The third-order valence-corrected chi connectivity index (χ3v) is 7.71. The van der Waals surface area contributed by atoms with Gasteiger partial charge in [-0.05, 0) is 34.6 Å². The molecule has 0 aliphatic carbocycles. The Balaban J connectivity index is 1.51. The maximum Gasteiger partial charge on any atom is 0.232 e. The van der Waals surface area contributed by atoms with Gasteiger partial charge in [-0.15, -0.1) is 0 Å². The van der Waals surface area contributed by atoms with Crippen molar-refractivity contribution >= 4 is 5.91 Å². The second kappa shape index (κ2) is 11.6. The molecule has 4 aromatic rings. The van der Waals surface area contributed by atoms with Gasteiger partial charge in [0.15, 0.2) is 0 Å². The van der Waals surface area contributed by atoms with Crippen LogP contribution in [0, 0.1) is 11.8 Å². The van der Waals surface area contributed by atoms with Crippen molar-refractivity contribution in [3.63, 3.8) is 0 Å². The van der Waals surface area contributed by atoms with Crippen molar-refractivity contribution in [2.45, 2.75) is 44.3 Å². The lowest BCUT2D eigenvalue weighted by Gasteiger charge is -2.46. The van der Waals surface area contributed by atoms with Crippen LogP contribution in [0.25, 0.3) is 0 Å². The van der Waals surface area contributed by atoms with Gasteiger partial charge in [0, 0.05) is 24.0 Å². The summed E-state index contributed by atoms with van der Waals surface area (Å²) in [6.07, 6.45) is 0.845. The monoisotopic (exact) mass is 488 g/mol. The third-order valence-electron chi connectivity index (χ3n) is 7.71. The summed E-state index contributed by atoms with van der Waals surface area (Å²) >= 11 is 0. The van der Waals surface area contributed by atoms with E-state index in [1.807, 2.05) is 36.4 Å². The van der Waals surface area contributed by atoms with E-state index < -0.39 is 0 Å². The number of carbonyl (C=O) groups is 1. The summed E-state index contributed by atoms with van der Waals surface area (Å²) in [5.74, 6) is 0.342. The molecule has 1 fully saturated rings. The van der Waals surface area contributed by atoms with E-state index in [9.17, 15) is 4.79 Å². The molecule has 0 bridgehead atoms. The molecule has 3 nitrogen and oxygen atoms in total. The number of carbonyl (C=O) groups excluding carboxylic acids is 1. The Labute approximate surface area is 221 Å². The van der Waals surface area contributed by atoms with Gasteiger partial charge in [-0.1, -0.05) is 135 Å². The number of hydrogen-bond donors (Lipinski definition) is 2. The standard InChI is InChI=1S/C34H36N2O/c1-24(2)31-30(36-34(37)32(26-17-9-4-10-18-26)27-19-11-5-12-20-27)23-29(25-15-7-3-8-16-25)35-33(31)28-21-13-6-14-22-28/h3-22,24,29-33,35H,23H2,1-2H3,(H,36,37). The van der Waals surface area contributed by atoms with Gasteiger partial charge in [0.2, 0.25) is 5.91 Å². The molecule has 2 N–H and O–H groups in total. The average Bonchev–Trinajstić information content (AvgIpc) is 2.95. The molecule has 0 spiro atoms. The maximum absolute atomic E-state index is 14.1. The fraction of sp³-hybridized carbons (Fsp3) is 0.265. The van der Waals surface area contributed by atoms with Gasteiger partial charge in [0.25, 0.3) is 0 Å². The van der Waals surface area contributed by atoms with E-state index in [4.69, 9.17) is 0 Å². The molecule has 1 saturated heterocycles. The van der Waals surface area contributed by atoms with Gasteiger partial charge in [0.1, 0.15) is 0 Å². The molecule has 4 unspecified atom stereocenters. The molecule has 0 saturated carbocycles. The van der Waals surface area contributed by atoms with Crippen molar-refractivity contribution < 1.29 is 4.79 Å². The number of benzene rings is 4. The van der Waals surface area contributed by atoms with Crippen LogP contribution < -0.4 is 10.6 Å². The highest BCUT2D eigenvalue weighted by Crippen LogP contribution is 2.41. The molecular weight excluding hydrogens is 452 g/mol. The summed E-state index contributed by atoms with van der Waals surface area (Å²) in [6.45, 7) is 4.55. The van der Waals surface area contributed by atoms with Gasteiger partial charge in [-0.3, -0.25) is 4.79 Å². The molecule has 37 heavy (non-hydrogen) atoms. The quantitative estimate of drug-likeness (QED) is 0.293. The summed E-state index contributed by atoms with van der Waals surface area (Å²) in [5, 5.41) is 7.53. The predicted molar refractivity (Wildman–Crippen MR) is 151 cm³/mol. The second-order valence-corrected chi connectivity index (χ2v) is 10.4. The second-order valence-electron chi connectivity index (χ2n) is 10.4. The molecule has 0 radical (unpaired) electrons. The van der Waals surface area contributed by atoms with Crippen LogP contribution in [0.2, 0.25) is 0 Å². The normalized spacial score (nSPS) is 21.6. The lowest BCUT2D eigenvalue weighted by molar-refractivity contribution is -0.123. The topological polar surface area (TPSA) is 41.1 Å². The highest BCUT2D eigenvalue weighted by atomic mass is 16.2. The van der Waals surface area contributed by atoms with E-state index in [1.165, 1.54) is 11.1 Å². The molecule has 3 heteroatoms. The first-order valence-electron chi connectivity index (χ1n) is 13.4. The smallest absolute Gasteiger partial charge is 0.232 e. The molecule has 4 atom stereocenters. The van der Waals surface area contributed by atoms with Crippen LogP contribution in [-0.2, 0) is 4.79 Å². The fourth-order valence-electron chi connectivity index (χ4n) is 5.99. The first-order chi connectivity index (χ1) is 18.1. The minimum Gasteiger partial charge on any atom is -0.352 e. The maximum atomic E-state index is 14.1. The van der Waals surface area contributed by atoms with Crippen LogP contribution in [-0.4, -0.2) is 11.9 Å². The average molecular weight is 489 g/mol. The van der Waals surface area contributed by atoms with Gasteiger partial charge in [0.05, 0.1) is 5.92 Å². The van der Waals surface area contributed by atoms with E-state index >= 15 is 0 Å². The molecule has 5 rings (SSSR count). The molecular formula is C34H36N2O.